The second-order valence-electron chi connectivity index (χ2n) is 5.29. The molecule has 0 fully saturated rings. The van der Waals surface area contributed by atoms with Gasteiger partial charge in [0.2, 0.25) is 10.0 Å². The standard InChI is InChI=1S/C17H20N2O3S/c1-13-8-9-14(2)16(12-13)23(21,22)19-11-10-18-17(20)15-6-4-3-5-7-15/h3-9,12,19H,10-11H2,1-2H3,(H,18,20). The van der Waals surface area contributed by atoms with Crippen molar-refractivity contribution in [3.8, 4) is 0 Å². The van der Waals surface area contributed by atoms with Crippen LogP contribution in [0, 0.1) is 13.8 Å². The molecule has 23 heavy (non-hydrogen) atoms. The van der Waals surface area contributed by atoms with Crippen molar-refractivity contribution in [2.24, 2.45) is 0 Å². The number of hydrogen-bond donors (Lipinski definition) is 2. The summed E-state index contributed by atoms with van der Waals surface area (Å²) in [5.74, 6) is -0.225. The number of benzene rings is 2. The Labute approximate surface area is 136 Å². The van der Waals surface area contributed by atoms with Crippen molar-refractivity contribution in [3.05, 3.63) is 65.2 Å². The number of hydrogen-bond acceptors (Lipinski definition) is 3. The van der Waals surface area contributed by atoms with Gasteiger partial charge in [-0.05, 0) is 43.2 Å². The van der Waals surface area contributed by atoms with Gasteiger partial charge in [-0.15, -0.1) is 0 Å². The van der Waals surface area contributed by atoms with Crippen LogP contribution in [0.15, 0.2) is 53.4 Å². The summed E-state index contributed by atoms with van der Waals surface area (Å²) in [6.07, 6.45) is 0. The molecule has 1 amide bonds. The molecule has 0 saturated heterocycles. The molecular formula is C17H20N2O3S. The minimum absolute atomic E-state index is 0.133. The maximum absolute atomic E-state index is 12.3. The van der Waals surface area contributed by atoms with E-state index < -0.39 is 10.0 Å². The van der Waals surface area contributed by atoms with E-state index in [1.807, 2.05) is 19.1 Å². The highest BCUT2D eigenvalue weighted by Gasteiger charge is 2.16. The van der Waals surface area contributed by atoms with Gasteiger partial charge in [-0.1, -0.05) is 30.3 Å². The molecule has 0 aliphatic heterocycles. The number of amides is 1. The number of sulfonamides is 1. The Kier molecular flexibility index (Phi) is 5.52. The minimum Gasteiger partial charge on any atom is -0.351 e. The third-order valence-corrected chi connectivity index (χ3v) is 4.97. The lowest BCUT2D eigenvalue weighted by Gasteiger charge is -2.10. The van der Waals surface area contributed by atoms with E-state index >= 15 is 0 Å². The van der Waals surface area contributed by atoms with Crippen LogP contribution in [0.3, 0.4) is 0 Å². The predicted octanol–water partition coefficient (Wildman–Crippen LogP) is 2.01. The van der Waals surface area contributed by atoms with Crippen molar-refractivity contribution in [2.45, 2.75) is 18.7 Å². The normalized spacial score (nSPS) is 11.2. The molecule has 2 aromatic rings. The first kappa shape index (κ1) is 17.2. The van der Waals surface area contributed by atoms with Crippen LogP contribution in [0.2, 0.25) is 0 Å². The number of carbonyl (C=O) groups is 1. The van der Waals surface area contributed by atoms with Crippen LogP contribution in [0.4, 0.5) is 0 Å². The van der Waals surface area contributed by atoms with Crippen LogP contribution < -0.4 is 10.0 Å². The Bertz CT molecular complexity index is 787. The average Bonchev–Trinajstić information content (AvgIpc) is 2.54. The third-order valence-electron chi connectivity index (χ3n) is 3.37. The van der Waals surface area contributed by atoms with Crippen molar-refractivity contribution < 1.29 is 13.2 Å². The molecule has 0 unspecified atom stereocenters. The van der Waals surface area contributed by atoms with Crippen LogP contribution in [-0.2, 0) is 10.0 Å². The highest BCUT2D eigenvalue weighted by atomic mass is 32.2. The van der Waals surface area contributed by atoms with Crippen LogP contribution in [0.5, 0.6) is 0 Å². The van der Waals surface area contributed by atoms with Gasteiger partial charge in [-0.25, -0.2) is 13.1 Å². The van der Waals surface area contributed by atoms with Gasteiger partial charge in [-0.2, -0.15) is 0 Å². The Morgan fingerprint density at radius 2 is 1.70 bits per heavy atom. The topological polar surface area (TPSA) is 75.3 Å². The molecule has 6 heteroatoms. The molecule has 0 saturated carbocycles. The molecule has 2 rings (SSSR count). The predicted molar refractivity (Wildman–Crippen MR) is 89.9 cm³/mol. The summed E-state index contributed by atoms with van der Waals surface area (Å²) in [6.45, 7) is 3.95. The molecule has 0 aliphatic carbocycles. The van der Waals surface area contributed by atoms with Crippen LogP contribution in [0.1, 0.15) is 21.5 Å². The van der Waals surface area contributed by atoms with E-state index in [-0.39, 0.29) is 23.9 Å². The maximum atomic E-state index is 12.3. The lowest BCUT2D eigenvalue weighted by molar-refractivity contribution is 0.0954. The van der Waals surface area contributed by atoms with E-state index in [4.69, 9.17) is 0 Å². The van der Waals surface area contributed by atoms with E-state index in [2.05, 4.69) is 10.0 Å². The second kappa shape index (κ2) is 7.39. The summed E-state index contributed by atoms with van der Waals surface area (Å²) in [5.41, 5.74) is 2.12. The maximum Gasteiger partial charge on any atom is 0.251 e. The Balaban J connectivity index is 1.90. The molecule has 0 aliphatic rings. The van der Waals surface area contributed by atoms with Gasteiger partial charge in [0.15, 0.2) is 0 Å². The van der Waals surface area contributed by atoms with Crippen molar-refractivity contribution >= 4 is 15.9 Å². The van der Waals surface area contributed by atoms with E-state index in [1.165, 1.54) is 0 Å². The van der Waals surface area contributed by atoms with E-state index in [0.717, 1.165) is 5.56 Å². The van der Waals surface area contributed by atoms with Gasteiger partial charge in [0.05, 0.1) is 4.90 Å². The zero-order chi connectivity index (χ0) is 16.9. The highest BCUT2D eigenvalue weighted by molar-refractivity contribution is 7.89. The lowest BCUT2D eigenvalue weighted by atomic mass is 10.2. The third kappa shape index (κ3) is 4.64. The molecule has 5 nitrogen and oxygen atoms in total. The fourth-order valence-corrected chi connectivity index (χ4v) is 3.49. The Morgan fingerprint density at radius 1 is 1.00 bits per heavy atom. The van der Waals surface area contributed by atoms with Gasteiger partial charge in [0, 0.05) is 18.7 Å². The molecule has 2 aromatic carbocycles. The van der Waals surface area contributed by atoms with Crippen molar-refractivity contribution in [2.75, 3.05) is 13.1 Å². The molecule has 0 spiro atoms. The van der Waals surface area contributed by atoms with Crippen LogP contribution in [0.25, 0.3) is 0 Å². The van der Waals surface area contributed by atoms with Gasteiger partial charge in [0.1, 0.15) is 0 Å². The molecule has 0 atom stereocenters. The Hall–Kier alpha value is -2.18. The molecule has 0 heterocycles. The molecule has 0 bridgehead atoms. The quantitative estimate of drug-likeness (QED) is 0.795. The summed E-state index contributed by atoms with van der Waals surface area (Å²) in [4.78, 5) is 12.1. The Morgan fingerprint density at radius 3 is 2.39 bits per heavy atom. The summed E-state index contributed by atoms with van der Waals surface area (Å²) < 4.78 is 27.1. The van der Waals surface area contributed by atoms with Gasteiger partial charge < -0.3 is 5.32 Å². The summed E-state index contributed by atoms with van der Waals surface area (Å²) in [5, 5.41) is 2.68. The SMILES string of the molecule is Cc1ccc(C)c(S(=O)(=O)NCCNC(=O)c2ccccc2)c1. The highest BCUT2D eigenvalue weighted by Crippen LogP contribution is 2.16. The fraction of sp³-hybridized carbons (Fsp3) is 0.235. The monoisotopic (exact) mass is 332 g/mol. The van der Waals surface area contributed by atoms with Crippen LogP contribution >= 0.6 is 0 Å². The summed E-state index contributed by atoms with van der Waals surface area (Å²) in [6, 6.07) is 14.1. The molecule has 2 N–H and O–H groups in total. The zero-order valence-electron chi connectivity index (χ0n) is 13.2. The lowest BCUT2D eigenvalue weighted by Crippen LogP contribution is -2.34. The minimum atomic E-state index is -3.58. The van der Waals surface area contributed by atoms with E-state index in [1.54, 1.807) is 43.3 Å². The largest absolute Gasteiger partial charge is 0.351 e. The second-order valence-corrected chi connectivity index (χ2v) is 7.02. The number of aryl methyl sites for hydroxylation is 2. The first-order chi connectivity index (χ1) is 10.9. The molecule has 0 radical (unpaired) electrons. The number of nitrogens with one attached hydrogen (secondary N) is 2. The molecule has 0 aromatic heterocycles. The average molecular weight is 332 g/mol. The van der Waals surface area contributed by atoms with Crippen molar-refractivity contribution in [1.29, 1.82) is 0 Å². The smallest absolute Gasteiger partial charge is 0.251 e. The van der Waals surface area contributed by atoms with Crippen molar-refractivity contribution in [1.82, 2.24) is 10.0 Å². The van der Waals surface area contributed by atoms with Gasteiger partial charge in [0.25, 0.3) is 5.91 Å². The van der Waals surface area contributed by atoms with Gasteiger partial charge in [-0.3, -0.25) is 4.79 Å². The first-order valence-corrected chi connectivity index (χ1v) is 8.78. The van der Waals surface area contributed by atoms with Crippen molar-refractivity contribution in [3.63, 3.8) is 0 Å². The molecule has 122 valence electrons. The van der Waals surface area contributed by atoms with Crippen LogP contribution in [-0.4, -0.2) is 27.4 Å². The fourth-order valence-electron chi connectivity index (χ4n) is 2.13. The first-order valence-electron chi connectivity index (χ1n) is 7.30. The van der Waals surface area contributed by atoms with Gasteiger partial charge >= 0.3 is 0 Å². The zero-order valence-corrected chi connectivity index (χ0v) is 14.0. The summed E-state index contributed by atoms with van der Waals surface area (Å²) >= 11 is 0. The van der Waals surface area contributed by atoms with E-state index in [0.29, 0.717) is 11.1 Å². The summed E-state index contributed by atoms with van der Waals surface area (Å²) in [7, 11) is -3.58. The molecular weight excluding hydrogens is 312 g/mol. The number of carbonyl (C=O) groups excluding carboxylic acids is 1. The number of rotatable bonds is 6. The van der Waals surface area contributed by atoms with E-state index in [9.17, 15) is 13.2 Å².